The quantitative estimate of drug-likeness (QED) is 0.405. The van der Waals surface area contributed by atoms with Gasteiger partial charge in [-0.3, -0.25) is 0 Å². The highest BCUT2D eigenvalue weighted by atomic mass is 35.5. The zero-order valence-electron chi connectivity index (χ0n) is 18.8. The Balaban J connectivity index is 1.24. The highest BCUT2D eigenvalue weighted by Crippen LogP contribution is 2.30. The van der Waals surface area contributed by atoms with Gasteiger partial charge in [-0.1, -0.05) is 25.4 Å². The first-order chi connectivity index (χ1) is 15.9. The number of aromatic nitrogens is 4. The maximum absolute atomic E-state index is 14.6. The molecule has 4 rings (SSSR count). The number of rotatable bonds is 8. The molecule has 1 saturated heterocycles. The molecule has 33 heavy (non-hydrogen) atoms. The SMILES string of the molecule is CC(C)c1cnc(-c2c(F)cc(OCCCC3CCN(c4cnc(Cl)cn4)CC3)cc2F)[nH]1. The van der Waals surface area contributed by atoms with Gasteiger partial charge in [0.15, 0.2) is 0 Å². The Morgan fingerprint density at radius 2 is 1.82 bits per heavy atom. The van der Waals surface area contributed by atoms with Crippen LogP contribution in [0.15, 0.2) is 30.7 Å². The Morgan fingerprint density at radius 3 is 2.42 bits per heavy atom. The molecular formula is C24H28ClF2N5O. The molecule has 9 heteroatoms. The van der Waals surface area contributed by atoms with E-state index < -0.39 is 11.6 Å². The second kappa shape index (κ2) is 10.5. The second-order valence-electron chi connectivity index (χ2n) is 8.72. The fraction of sp³-hybridized carbons (Fsp3) is 0.458. The van der Waals surface area contributed by atoms with Crippen LogP contribution in [0.3, 0.4) is 0 Å². The summed E-state index contributed by atoms with van der Waals surface area (Å²) in [6.07, 6.45) is 8.83. The van der Waals surface area contributed by atoms with E-state index in [9.17, 15) is 8.78 Å². The van der Waals surface area contributed by atoms with Crippen molar-refractivity contribution in [2.75, 3.05) is 24.6 Å². The van der Waals surface area contributed by atoms with Gasteiger partial charge in [0.2, 0.25) is 0 Å². The summed E-state index contributed by atoms with van der Waals surface area (Å²) in [5.41, 5.74) is 0.669. The standard InChI is InChI=1S/C24H28ClF2N5O/c1-15(2)20-12-30-24(31-20)23-18(26)10-17(11-19(23)27)33-9-3-4-16-5-7-32(8-6-16)22-14-28-21(25)13-29-22/h10-16H,3-9H2,1-2H3,(H,30,31). The maximum Gasteiger partial charge on any atom is 0.147 e. The van der Waals surface area contributed by atoms with Crippen LogP contribution in [0.4, 0.5) is 14.6 Å². The van der Waals surface area contributed by atoms with Crippen molar-refractivity contribution in [3.05, 3.63) is 53.2 Å². The number of nitrogens with zero attached hydrogens (tertiary/aromatic N) is 4. The van der Waals surface area contributed by atoms with Gasteiger partial charge in [-0.2, -0.15) is 0 Å². The minimum absolute atomic E-state index is 0.161. The molecule has 0 spiro atoms. The van der Waals surface area contributed by atoms with Crippen LogP contribution in [0.1, 0.15) is 51.1 Å². The number of imidazole rings is 1. The van der Waals surface area contributed by atoms with Gasteiger partial charge >= 0.3 is 0 Å². The van der Waals surface area contributed by atoms with Crippen LogP contribution >= 0.6 is 11.6 Å². The molecule has 1 fully saturated rings. The fourth-order valence-corrected chi connectivity index (χ4v) is 4.19. The van der Waals surface area contributed by atoms with Crippen LogP contribution in [0.2, 0.25) is 5.15 Å². The number of aromatic amines is 1. The lowest BCUT2D eigenvalue weighted by atomic mass is 9.92. The minimum atomic E-state index is -0.688. The Bertz CT molecular complexity index is 1040. The van der Waals surface area contributed by atoms with Crippen molar-refractivity contribution in [3.63, 3.8) is 0 Å². The Kier molecular flexibility index (Phi) is 7.42. The monoisotopic (exact) mass is 475 g/mol. The lowest BCUT2D eigenvalue weighted by Crippen LogP contribution is -2.34. The van der Waals surface area contributed by atoms with Crippen molar-refractivity contribution < 1.29 is 13.5 Å². The molecular weight excluding hydrogens is 448 g/mol. The van der Waals surface area contributed by atoms with E-state index >= 15 is 0 Å². The van der Waals surface area contributed by atoms with Crippen LogP contribution in [0.5, 0.6) is 5.75 Å². The van der Waals surface area contributed by atoms with E-state index in [1.807, 2.05) is 13.8 Å². The van der Waals surface area contributed by atoms with Crippen LogP contribution in [-0.4, -0.2) is 39.6 Å². The van der Waals surface area contributed by atoms with Crippen LogP contribution in [0, 0.1) is 17.6 Å². The van der Waals surface area contributed by atoms with E-state index in [-0.39, 0.29) is 23.1 Å². The van der Waals surface area contributed by atoms with E-state index in [1.165, 1.54) is 12.1 Å². The van der Waals surface area contributed by atoms with Gasteiger partial charge in [0, 0.05) is 37.1 Å². The molecule has 2 aromatic heterocycles. The molecule has 0 amide bonds. The topological polar surface area (TPSA) is 66.9 Å². The number of hydrogen-bond acceptors (Lipinski definition) is 5. The average molecular weight is 476 g/mol. The summed E-state index contributed by atoms with van der Waals surface area (Å²) in [7, 11) is 0. The van der Waals surface area contributed by atoms with Crippen molar-refractivity contribution in [3.8, 4) is 17.1 Å². The largest absolute Gasteiger partial charge is 0.493 e. The summed E-state index contributed by atoms with van der Waals surface area (Å²) in [6, 6.07) is 2.45. The maximum atomic E-state index is 14.6. The number of anilines is 1. The molecule has 0 unspecified atom stereocenters. The normalized spacial score (nSPS) is 14.8. The second-order valence-corrected chi connectivity index (χ2v) is 9.11. The molecule has 6 nitrogen and oxygen atoms in total. The van der Waals surface area contributed by atoms with Gasteiger partial charge in [-0.05, 0) is 37.5 Å². The Hall–Kier alpha value is -2.74. The zero-order chi connectivity index (χ0) is 23.4. The van der Waals surface area contributed by atoms with E-state index in [1.54, 1.807) is 18.6 Å². The van der Waals surface area contributed by atoms with Gasteiger partial charge < -0.3 is 14.6 Å². The van der Waals surface area contributed by atoms with Crippen molar-refractivity contribution in [2.24, 2.45) is 5.92 Å². The molecule has 3 aromatic rings. The number of piperidine rings is 1. The highest BCUT2D eigenvalue weighted by Gasteiger charge is 2.21. The summed E-state index contributed by atoms with van der Waals surface area (Å²) in [6.45, 7) is 6.23. The molecule has 1 aliphatic rings. The zero-order valence-corrected chi connectivity index (χ0v) is 19.6. The number of halogens is 3. The summed E-state index contributed by atoms with van der Waals surface area (Å²) in [4.78, 5) is 17.7. The molecule has 0 saturated carbocycles. The van der Waals surface area contributed by atoms with Crippen LogP contribution in [-0.2, 0) is 0 Å². The van der Waals surface area contributed by atoms with Gasteiger partial charge in [0.1, 0.15) is 34.2 Å². The van der Waals surface area contributed by atoms with Crippen LogP contribution < -0.4 is 9.64 Å². The number of hydrogen-bond donors (Lipinski definition) is 1. The fourth-order valence-electron chi connectivity index (χ4n) is 4.10. The van der Waals surface area contributed by atoms with Gasteiger partial charge in [0.05, 0.1) is 24.6 Å². The number of benzene rings is 1. The predicted molar refractivity (Wildman–Crippen MR) is 125 cm³/mol. The smallest absolute Gasteiger partial charge is 0.147 e. The third-order valence-corrected chi connectivity index (χ3v) is 6.24. The summed E-state index contributed by atoms with van der Waals surface area (Å²) < 4.78 is 34.9. The Morgan fingerprint density at radius 1 is 1.09 bits per heavy atom. The Labute approximate surface area is 197 Å². The molecule has 3 heterocycles. The van der Waals surface area contributed by atoms with E-state index in [2.05, 4.69) is 24.8 Å². The van der Waals surface area contributed by atoms with E-state index in [0.717, 1.165) is 50.3 Å². The summed E-state index contributed by atoms with van der Waals surface area (Å²) in [5.74, 6) is 0.647. The molecule has 0 aliphatic carbocycles. The summed E-state index contributed by atoms with van der Waals surface area (Å²) >= 11 is 5.80. The van der Waals surface area contributed by atoms with Crippen molar-refractivity contribution in [1.29, 1.82) is 0 Å². The van der Waals surface area contributed by atoms with Gasteiger partial charge in [0.25, 0.3) is 0 Å². The number of nitrogens with one attached hydrogen (secondary N) is 1. The van der Waals surface area contributed by atoms with Crippen LogP contribution in [0.25, 0.3) is 11.4 Å². The van der Waals surface area contributed by atoms with Gasteiger partial charge in [-0.25, -0.2) is 23.7 Å². The summed E-state index contributed by atoms with van der Waals surface area (Å²) in [5, 5.41) is 0.393. The van der Waals surface area contributed by atoms with Crippen molar-refractivity contribution in [2.45, 2.75) is 45.4 Å². The average Bonchev–Trinajstić information content (AvgIpc) is 3.27. The van der Waals surface area contributed by atoms with Gasteiger partial charge in [-0.15, -0.1) is 0 Å². The molecule has 1 aromatic carbocycles. The molecule has 1 aliphatic heterocycles. The first-order valence-electron chi connectivity index (χ1n) is 11.3. The first-order valence-corrected chi connectivity index (χ1v) is 11.7. The molecule has 0 radical (unpaired) electrons. The molecule has 176 valence electrons. The lowest BCUT2D eigenvalue weighted by Gasteiger charge is -2.32. The van der Waals surface area contributed by atoms with E-state index in [0.29, 0.717) is 17.7 Å². The van der Waals surface area contributed by atoms with Crippen molar-refractivity contribution in [1.82, 2.24) is 19.9 Å². The van der Waals surface area contributed by atoms with Crippen molar-refractivity contribution >= 4 is 17.4 Å². The predicted octanol–water partition coefficient (Wildman–Crippen LogP) is 6.00. The number of ether oxygens (including phenoxy) is 1. The minimum Gasteiger partial charge on any atom is -0.493 e. The third kappa shape index (κ3) is 5.79. The lowest BCUT2D eigenvalue weighted by molar-refractivity contribution is 0.277. The molecule has 0 bridgehead atoms. The first kappa shape index (κ1) is 23.4. The highest BCUT2D eigenvalue weighted by molar-refractivity contribution is 6.29. The molecule has 0 atom stereocenters. The third-order valence-electron chi connectivity index (χ3n) is 6.04. The number of H-pyrrole nitrogens is 1. The molecule has 1 N–H and O–H groups in total. The van der Waals surface area contributed by atoms with E-state index in [4.69, 9.17) is 16.3 Å².